The van der Waals surface area contributed by atoms with Crippen molar-refractivity contribution >= 4 is 11.9 Å². The fourth-order valence-corrected chi connectivity index (χ4v) is 2.59. The van der Waals surface area contributed by atoms with Crippen LogP contribution in [0.15, 0.2) is 16.7 Å². The highest BCUT2D eigenvalue weighted by Gasteiger charge is 2.41. The summed E-state index contributed by atoms with van der Waals surface area (Å²) in [6.45, 7) is 0.613. The molecular weight excluding hydrogens is 260 g/mol. The van der Waals surface area contributed by atoms with Crippen molar-refractivity contribution in [2.24, 2.45) is 0 Å². The summed E-state index contributed by atoms with van der Waals surface area (Å²) in [6.07, 6.45) is 4.39. The van der Waals surface area contributed by atoms with Crippen molar-refractivity contribution in [1.29, 1.82) is 0 Å². The van der Waals surface area contributed by atoms with E-state index in [1.807, 2.05) is 14.1 Å². The van der Waals surface area contributed by atoms with E-state index in [4.69, 9.17) is 9.52 Å². The van der Waals surface area contributed by atoms with Crippen LogP contribution in [-0.4, -0.2) is 60.0 Å². The molecule has 1 aliphatic rings. The summed E-state index contributed by atoms with van der Waals surface area (Å²) >= 11 is 0. The Hall–Kier alpha value is -1.82. The SMILES string of the molecule is CN(CC1(N(C)C)CCC1)C(=O)c1cc(C(=O)O)co1. The number of aromatic carboxylic acids is 1. The van der Waals surface area contributed by atoms with Crippen LogP contribution in [0.1, 0.15) is 40.2 Å². The Morgan fingerprint density at radius 1 is 1.35 bits per heavy atom. The van der Waals surface area contributed by atoms with Crippen molar-refractivity contribution in [1.82, 2.24) is 9.80 Å². The lowest BCUT2D eigenvalue weighted by atomic mass is 9.75. The third-order valence-electron chi connectivity index (χ3n) is 4.17. The number of amides is 1. The second-order valence-corrected chi connectivity index (χ2v) is 5.64. The first-order valence-corrected chi connectivity index (χ1v) is 6.60. The molecule has 6 heteroatoms. The summed E-state index contributed by atoms with van der Waals surface area (Å²) in [5.74, 6) is -1.32. The van der Waals surface area contributed by atoms with Crippen LogP contribution in [0.3, 0.4) is 0 Å². The zero-order valence-corrected chi connectivity index (χ0v) is 12.0. The predicted molar refractivity (Wildman–Crippen MR) is 72.9 cm³/mol. The van der Waals surface area contributed by atoms with Gasteiger partial charge in [-0.2, -0.15) is 0 Å². The molecular formula is C14H20N2O4. The monoisotopic (exact) mass is 280 g/mol. The van der Waals surface area contributed by atoms with Gasteiger partial charge in [-0.1, -0.05) is 0 Å². The van der Waals surface area contributed by atoms with Crippen molar-refractivity contribution in [3.63, 3.8) is 0 Å². The van der Waals surface area contributed by atoms with E-state index < -0.39 is 5.97 Å². The molecule has 1 fully saturated rings. The molecule has 0 radical (unpaired) electrons. The molecule has 0 saturated heterocycles. The Morgan fingerprint density at radius 3 is 2.40 bits per heavy atom. The van der Waals surface area contributed by atoms with E-state index in [1.165, 1.54) is 12.5 Å². The molecule has 20 heavy (non-hydrogen) atoms. The van der Waals surface area contributed by atoms with Gasteiger partial charge < -0.3 is 19.3 Å². The summed E-state index contributed by atoms with van der Waals surface area (Å²) in [6, 6.07) is 1.27. The summed E-state index contributed by atoms with van der Waals surface area (Å²) in [5, 5.41) is 8.83. The van der Waals surface area contributed by atoms with E-state index in [0.29, 0.717) is 6.54 Å². The number of carbonyl (C=O) groups is 2. The second-order valence-electron chi connectivity index (χ2n) is 5.64. The van der Waals surface area contributed by atoms with Gasteiger partial charge in [0, 0.05) is 25.2 Å². The van der Waals surface area contributed by atoms with E-state index in [1.54, 1.807) is 11.9 Å². The van der Waals surface area contributed by atoms with Crippen LogP contribution in [0.4, 0.5) is 0 Å². The van der Waals surface area contributed by atoms with Crippen LogP contribution in [0.25, 0.3) is 0 Å². The average Bonchev–Trinajstić information content (AvgIpc) is 2.81. The lowest BCUT2D eigenvalue weighted by molar-refractivity contribution is 0.0240. The van der Waals surface area contributed by atoms with Gasteiger partial charge in [0.2, 0.25) is 0 Å². The van der Waals surface area contributed by atoms with Crippen LogP contribution in [0.5, 0.6) is 0 Å². The van der Waals surface area contributed by atoms with Crippen molar-refractivity contribution in [3.8, 4) is 0 Å². The van der Waals surface area contributed by atoms with Crippen LogP contribution in [0.2, 0.25) is 0 Å². The molecule has 0 atom stereocenters. The van der Waals surface area contributed by atoms with Gasteiger partial charge in [0.25, 0.3) is 5.91 Å². The zero-order chi connectivity index (χ0) is 14.9. The molecule has 1 heterocycles. The Kier molecular flexibility index (Phi) is 3.85. The highest BCUT2D eigenvalue weighted by atomic mass is 16.4. The number of hydrogen-bond acceptors (Lipinski definition) is 4. The first kappa shape index (κ1) is 14.6. The Bertz CT molecular complexity index is 517. The summed E-state index contributed by atoms with van der Waals surface area (Å²) in [5.41, 5.74) is 0.0276. The Balaban J connectivity index is 2.06. The van der Waals surface area contributed by atoms with Crippen molar-refractivity contribution < 1.29 is 19.1 Å². The van der Waals surface area contributed by atoms with Gasteiger partial charge in [-0.15, -0.1) is 0 Å². The van der Waals surface area contributed by atoms with E-state index in [2.05, 4.69) is 4.90 Å². The summed E-state index contributed by atoms with van der Waals surface area (Å²) < 4.78 is 5.05. The van der Waals surface area contributed by atoms with Gasteiger partial charge in [0.15, 0.2) is 5.76 Å². The van der Waals surface area contributed by atoms with E-state index >= 15 is 0 Å². The van der Waals surface area contributed by atoms with Gasteiger partial charge >= 0.3 is 5.97 Å². The van der Waals surface area contributed by atoms with Gasteiger partial charge in [0.1, 0.15) is 6.26 Å². The molecule has 0 spiro atoms. The number of carbonyl (C=O) groups excluding carboxylic acids is 1. The average molecular weight is 280 g/mol. The smallest absolute Gasteiger partial charge is 0.338 e. The highest BCUT2D eigenvalue weighted by molar-refractivity contribution is 5.95. The van der Waals surface area contributed by atoms with Crippen LogP contribution < -0.4 is 0 Å². The third kappa shape index (κ3) is 2.56. The molecule has 1 N–H and O–H groups in total. The number of rotatable bonds is 5. The summed E-state index contributed by atoms with van der Waals surface area (Å²) in [4.78, 5) is 26.8. The van der Waals surface area contributed by atoms with Crippen LogP contribution >= 0.6 is 0 Å². The molecule has 0 unspecified atom stereocenters. The molecule has 1 aliphatic carbocycles. The molecule has 110 valence electrons. The van der Waals surface area contributed by atoms with Gasteiger partial charge in [-0.05, 0) is 33.4 Å². The van der Waals surface area contributed by atoms with E-state index in [0.717, 1.165) is 19.1 Å². The Morgan fingerprint density at radius 2 is 2.00 bits per heavy atom. The first-order valence-electron chi connectivity index (χ1n) is 6.60. The number of carboxylic acid groups (broad SMARTS) is 1. The lowest BCUT2D eigenvalue weighted by Crippen LogP contribution is -2.57. The minimum Gasteiger partial charge on any atom is -0.478 e. The number of carboxylic acids is 1. The van der Waals surface area contributed by atoms with Gasteiger partial charge in [0.05, 0.1) is 5.56 Å². The van der Waals surface area contributed by atoms with Crippen LogP contribution in [-0.2, 0) is 0 Å². The molecule has 0 aliphatic heterocycles. The zero-order valence-electron chi connectivity index (χ0n) is 12.0. The molecule has 6 nitrogen and oxygen atoms in total. The topological polar surface area (TPSA) is 74.0 Å². The largest absolute Gasteiger partial charge is 0.478 e. The normalized spacial score (nSPS) is 16.8. The maximum absolute atomic E-state index is 12.2. The first-order chi connectivity index (χ1) is 9.35. The molecule has 0 bridgehead atoms. The fourth-order valence-electron chi connectivity index (χ4n) is 2.59. The molecule has 1 amide bonds. The number of furan rings is 1. The number of nitrogens with zero attached hydrogens (tertiary/aromatic N) is 2. The van der Waals surface area contributed by atoms with Gasteiger partial charge in [-0.3, -0.25) is 4.79 Å². The molecule has 1 saturated carbocycles. The number of hydrogen-bond donors (Lipinski definition) is 1. The molecule has 0 aromatic carbocycles. The van der Waals surface area contributed by atoms with Crippen molar-refractivity contribution in [2.45, 2.75) is 24.8 Å². The van der Waals surface area contributed by atoms with E-state index in [9.17, 15) is 9.59 Å². The molecule has 1 aromatic rings. The highest BCUT2D eigenvalue weighted by Crippen LogP contribution is 2.36. The molecule has 2 rings (SSSR count). The van der Waals surface area contributed by atoms with Crippen molar-refractivity contribution in [2.75, 3.05) is 27.7 Å². The second kappa shape index (κ2) is 5.28. The number of likely N-dealkylation sites (N-methyl/N-ethyl adjacent to an activating group) is 2. The van der Waals surface area contributed by atoms with E-state index in [-0.39, 0.29) is 22.8 Å². The maximum atomic E-state index is 12.2. The maximum Gasteiger partial charge on any atom is 0.338 e. The minimum atomic E-state index is -1.10. The summed E-state index contributed by atoms with van der Waals surface area (Å²) in [7, 11) is 5.76. The van der Waals surface area contributed by atoms with Crippen LogP contribution in [0, 0.1) is 0 Å². The van der Waals surface area contributed by atoms with Crippen molar-refractivity contribution in [3.05, 3.63) is 23.7 Å². The minimum absolute atomic E-state index is 0.00674. The Labute approximate surface area is 118 Å². The standard InChI is InChI=1S/C14H20N2O4/c1-15(2)14(5-4-6-14)9-16(3)12(17)11-7-10(8-20-11)13(18)19/h7-8H,4-6,9H2,1-3H3,(H,18,19). The predicted octanol–water partition coefficient (Wildman–Crippen LogP) is 1.53. The van der Waals surface area contributed by atoms with Gasteiger partial charge in [-0.25, -0.2) is 4.79 Å². The quantitative estimate of drug-likeness (QED) is 0.885. The lowest BCUT2D eigenvalue weighted by Gasteiger charge is -2.49. The molecule has 1 aromatic heterocycles. The fraction of sp³-hybridized carbons (Fsp3) is 0.571. The third-order valence-corrected chi connectivity index (χ3v) is 4.17.